The summed E-state index contributed by atoms with van der Waals surface area (Å²) < 4.78 is 26.0. The fourth-order valence-electron chi connectivity index (χ4n) is 5.33. The number of benzene rings is 2. The SMILES string of the molecule is CC1CN(CC2CCN(C(=O)c3ccccc3-c3ncc(-c4ccccc4F)o3)CC2)CC(C)O1. The van der Waals surface area contributed by atoms with Gasteiger partial charge in [0.15, 0.2) is 5.76 Å². The highest BCUT2D eigenvalue weighted by Gasteiger charge is 2.29. The molecule has 5 rings (SSSR count). The molecule has 184 valence electrons. The van der Waals surface area contributed by atoms with Crippen molar-refractivity contribution >= 4 is 5.91 Å². The summed E-state index contributed by atoms with van der Waals surface area (Å²) in [5.41, 5.74) is 1.53. The topological polar surface area (TPSA) is 58.8 Å². The monoisotopic (exact) mass is 477 g/mol. The normalized spacial score (nSPS) is 21.9. The third-order valence-electron chi connectivity index (χ3n) is 6.95. The molecule has 3 heterocycles. The van der Waals surface area contributed by atoms with Crippen LogP contribution in [0.25, 0.3) is 22.8 Å². The van der Waals surface area contributed by atoms with Crippen molar-refractivity contribution in [3.63, 3.8) is 0 Å². The van der Waals surface area contributed by atoms with Gasteiger partial charge in [-0.3, -0.25) is 9.69 Å². The average molecular weight is 478 g/mol. The molecule has 2 aromatic carbocycles. The lowest BCUT2D eigenvalue weighted by atomic mass is 9.94. The Morgan fingerprint density at radius 3 is 2.37 bits per heavy atom. The zero-order chi connectivity index (χ0) is 24.4. The maximum atomic E-state index is 14.2. The first-order valence-corrected chi connectivity index (χ1v) is 12.4. The molecule has 0 radical (unpaired) electrons. The molecule has 2 fully saturated rings. The predicted octanol–water partition coefficient (Wildman–Crippen LogP) is 5.11. The van der Waals surface area contributed by atoms with Gasteiger partial charge in [-0.05, 0) is 56.9 Å². The van der Waals surface area contributed by atoms with Gasteiger partial charge in [0.25, 0.3) is 5.91 Å². The standard InChI is InChI=1S/C28H32FN3O3/c1-19-16-31(17-20(2)34-19)18-21-11-13-32(14-12-21)28(33)23-8-4-3-7-22(23)27-30-15-26(35-27)24-9-5-6-10-25(24)29/h3-10,15,19-21H,11-14,16-18H2,1-2H3. The largest absolute Gasteiger partial charge is 0.436 e. The maximum Gasteiger partial charge on any atom is 0.254 e. The number of hydrogen-bond donors (Lipinski definition) is 0. The molecule has 0 spiro atoms. The number of carbonyl (C=O) groups excluding carboxylic acids is 1. The van der Waals surface area contributed by atoms with E-state index < -0.39 is 0 Å². The third-order valence-corrected chi connectivity index (χ3v) is 6.95. The van der Waals surface area contributed by atoms with Crippen LogP contribution in [0.15, 0.2) is 59.1 Å². The zero-order valence-electron chi connectivity index (χ0n) is 20.3. The Labute approximate surface area is 205 Å². The number of nitrogens with zero attached hydrogens (tertiary/aromatic N) is 3. The number of oxazole rings is 1. The molecule has 7 heteroatoms. The van der Waals surface area contributed by atoms with E-state index in [4.69, 9.17) is 9.15 Å². The van der Waals surface area contributed by atoms with Crippen LogP contribution < -0.4 is 0 Å². The molecule has 35 heavy (non-hydrogen) atoms. The molecule has 0 saturated carbocycles. The summed E-state index contributed by atoms with van der Waals surface area (Å²) in [6.45, 7) is 8.75. The summed E-state index contributed by atoms with van der Waals surface area (Å²) in [5, 5.41) is 0. The lowest BCUT2D eigenvalue weighted by molar-refractivity contribution is -0.0728. The van der Waals surface area contributed by atoms with Gasteiger partial charge in [0, 0.05) is 38.3 Å². The molecule has 2 aliphatic heterocycles. The summed E-state index contributed by atoms with van der Waals surface area (Å²) >= 11 is 0. The van der Waals surface area contributed by atoms with Crippen LogP contribution in [0.1, 0.15) is 37.0 Å². The quantitative estimate of drug-likeness (QED) is 0.511. The van der Waals surface area contributed by atoms with Crippen molar-refractivity contribution in [3.05, 3.63) is 66.1 Å². The second-order valence-corrected chi connectivity index (χ2v) is 9.77. The van der Waals surface area contributed by atoms with Crippen LogP contribution >= 0.6 is 0 Å². The molecule has 0 N–H and O–H groups in total. The number of amides is 1. The molecule has 2 aliphatic rings. The smallest absolute Gasteiger partial charge is 0.254 e. The molecule has 6 nitrogen and oxygen atoms in total. The third kappa shape index (κ3) is 5.31. The minimum atomic E-state index is -0.372. The number of aromatic nitrogens is 1. The summed E-state index contributed by atoms with van der Waals surface area (Å²) in [5.74, 6) is 0.856. The second kappa shape index (κ2) is 10.3. The molecule has 0 aliphatic carbocycles. The Bertz CT molecular complexity index is 1160. The highest BCUT2D eigenvalue weighted by atomic mass is 19.1. The summed E-state index contributed by atoms with van der Waals surface area (Å²) in [7, 11) is 0. The molecular weight excluding hydrogens is 445 g/mol. The van der Waals surface area contributed by atoms with Crippen molar-refractivity contribution in [1.29, 1.82) is 0 Å². The highest BCUT2D eigenvalue weighted by molar-refractivity contribution is 6.00. The van der Waals surface area contributed by atoms with Gasteiger partial charge in [0.1, 0.15) is 5.82 Å². The van der Waals surface area contributed by atoms with E-state index >= 15 is 0 Å². The zero-order valence-corrected chi connectivity index (χ0v) is 20.3. The minimum Gasteiger partial charge on any atom is -0.436 e. The van der Waals surface area contributed by atoms with Crippen LogP contribution in [-0.4, -0.2) is 65.6 Å². The first kappa shape index (κ1) is 23.7. The predicted molar refractivity (Wildman–Crippen MR) is 132 cm³/mol. The Morgan fingerprint density at radius 2 is 1.66 bits per heavy atom. The Kier molecular flexibility index (Phi) is 6.97. The minimum absolute atomic E-state index is 0.0155. The van der Waals surface area contributed by atoms with Gasteiger partial charge >= 0.3 is 0 Å². The number of ether oxygens (including phenoxy) is 1. The average Bonchev–Trinajstić information content (AvgIpc) is 3.34. The number of piperidine rings is 1. The van der Waals surface area contributed by atoms with Crippen molar-refractivity contribution < 1.29 is 18.3 Å². The van der Waals surface area contributed by atoms with Gasteiger partial charge in [-0.1, -0.05) is 24.3 Å². The lowest BCUT2D eigenvalue weighted by Gasteiger charge is -2.39. The van der Waals surface area contributed by atoms with E-state index in [2.05, 4.69) is 23.7 Å². The number of morpholine rings is 1. The van der Waals surface area contributed by atoms with E-state index in [0.717, 1.165) is 45.6 Å². The summed E-state index contributed by atoms with van der Waals surface area (Å²) in [4.78, 5) is 22.3. The Hall–Kier alpha value is -3.03. The molecule has 3 aromatic rings. The number of rotatable bonds is 5. The van der Waals surface area contributed by atoms with E-state index in [9.17, 15) is 9.18 Å². The van der Waals surface area contributed by atoms with Crippen molar-refractivity contribution in [3.8, 4) is 22.8 Å². The molecule has 2 atom stereocenters. The highest BCUT2D eigenvalue weighted by Crippen LogP contribution is 2.31. The number of carbonyl (C=O) groups is 1. The van der Waals surface area contributed by atoms with Gasteiger partial charge in [-0.2, -0.15) is 0 Å². The summed E-state index contributed by atoms with van der Waals surface area (Å²) in [6, 6.07) is 13.8. The van der Waals surface area contributed by atoms with Crippen LogP contribution in [-0.2, 0) is 4.74 Å². The van der Waals surface area contributed by atoms with Crippen LogP contribution in [0.4, 0.5) is 4.39 Å². The van der Waals surface area contributed by atoms with Gasteiger partial charge < -0.3 is 14.1 Å². The Balaban J connectivity index is 1.26. The van der Waals surface area contributed by atoms with Crippen molar-refractivity contribution in [2.45, 2.75) is 38.9 Å². The first-order valence-electron chi connectivity index (χ1n) is 12.4. The molecule has 2 saturated heterocycles. The van der Waals surface area contributed by atoms with E-state index in [1.807, 2.05) is 29.2 Å². The fraction of sp³-hybridized carbons (Fsp3) is 0.429. The lowest BCUT2D eigenvalue weighted by Crippen LogP contribution is -2.48. The van der Waals surface area contributed by atoms with Gasteiger partial charge in [-0.15, -0.1) is 0 Å². The van der Waals surface area contributed by atoms with Crippen LogP contribution in [0.3, 0.4) is 0 Å². The van der Waals surface area contributed by atoms with E-state index in [1.165, 1.54) is 12.3 Å². The van der Waals surface area contributed by atoms with Crippen LogP contribution in [0.2, 0.25) is 0 Å². The number of hydrogen-bond acceptors (Lipinski definition) is 5. The first-order chi connectivity index (χ1) is 17.0. The van der Waals surface area contributed by atoms with E-state index in [1.54, 1.807) is 18.2 Å². The van der Waals surface area contributed by atoms with Crippen molar-refractivity contribution in [2.24, 2.45) is 5.92 Å². The molecular formula is C28H32FN3O3. The van der Waals surface area contributed by atoms with E-state index in [0.29, 0.717) is 34.3 Å². The molecule has 0 bridgehead atoms. The van der Waals surface area contributed by atoms with Gasteiger partial charge in [0.2, 0.25) is 5.89 Å². The van der Waals surface area contributed by atoms with Gasteiger partial charge in [-0.25, -0.2) is 9.37 Å². The van der Waals surface area contributed by atoms with Crippen molar-refractivity contribution in [1.82, 2.24) is 14.8 Å². The van der Waals surface area contributed by atoms with Gasteiger partial charge in [0.05, 0.1) is 29.5 Å². The molecule has 1 amide bonds. The molecule has 1 aromatic heterocycles. The van der Waals surface area contributed by atoms with Crippen molar-refractivity contribution in [2.75, 3.05) is 32.7 Å². The number of likely N-dealkylation sites (tertiary alicyclic amines) is 1. The maximum absolute atomic E-state index is 14.2. The molecule has 2 unspecified atom stereocenters. The van der Waals surface area contributed by atoms with E-state index in [-0.39, 0.29) is 23.9 Å². The Morgan fingerprint density at radius 1 is 1.00 bits per heavy atom. The van der Waals surface area contributed by atoms with Crippen LogP contribution in [0.5, 0.6) is 0 Å². The fourth-order valence-corrected chi connectivity index (χ4v) is 5.33. The summed E-state index contributed by atoms with van der Waals surface area (Å²) in [6.07, 6.45) is 4.03. The number of halogens is 1. The second-order valence-electron chi connectivity index (χ2n) is 9.77. The van der Waals surface area contributed by atoms with Crippen LogP contribution in [0, 0.1) is 11.7 Å².